The highest BCUT2D eigenvalue weighted by atomic mass is 15.0. The fourth-order valence-electron chi connectivity index (χ4n) is 3.57. The fraction of sp³-hybridized carbons (Fsp3) is 0.529. The van der Waals surface area contributed by atoms with Crippen LogP contribution in [0.15, 0.2) is 29.8 Å². The number of benzene rings is 1. The van der Waals surface area contributed by atoms with Crippen molar-refractivity contribution in [3.8, 4) is 0 Å². The molecular weight excluding hydrogens is 218 g/mol. The van der Waals surface area contributed by atoms with E-state index < -0.39 is 0 Å². The molecule has 3 rings (SSSR count). The van der Waals surface area contributed by atoms with Crippen LogP contribution in [0.2, 0.25) is 0 Å². The number of allylic oxidation sites excluding steroid dienone is 2. The Morgan fingerprint density at radius 1 is 1.22 bits per heavy atom. The van der Waals surface area contributed by atoms with Crippen LogP contribution < -0.4 is 0 Å². The average Bonchev–Trinajstić information content (AvgIpc) is 2.75. The molecule has 1 heteroatoms. The summed E-state index contributed by atoms with van der Waals surface area (Å²) in [5.74, 6) is 0.837. The van der Waals surface area contributed by atoms with E-state index in [2.05, 4.69) is 43.3 Å². The van der Waals surface area contributed by atoms with Crippen molar-refractivity contribution < 1.29 is 0 Å². The molecule has 96 valence electrons. The SMILES string of the molecule is CN(C)CCC1CCCC2=C1Cc1ccccc12. The van der Waals surface area contributed by atoms with Gasteiger partial charge in [-0.25, -0.2) is 0 Å². The largest absolute Gasteiger partial charge is 0.309 e. The minimum atomic E-state index is 0.837. The lowest BCUT2D eigenvalue weighted by molar-refractivity contribution is 0.352. The highest BCUT2D eigenvalue weighted by Crippen LogP contribution is 2.45. The summed E-state index contributed by atoms with van der Waals surface area (Å²) in [5, 5.41) is 0. The molecule has 1 aromatic rings. The summed E-state index contributed by atoms with van der Waals surface area (Å²) in [6, 6.07) is 9.02. The van der Waals surface area contributed by atoms with Gasteiger partial charge in [-0.05, 0) is 75.4 Å². The molecule has 0 N–H and O–H groups in total. The van der Waals surface area contributed by atoms with Gasteiger partial charge in [0.2, 0.25) is 0 Å². The molecule has 0 amide bonds. The van der Waals surface area contributed by atoms with Crippen LogP contribution in [-0.2, 0) is 6.42 Å². The highest BCUT2D eigenvalue weighted by molar-refractivity contribution is 5.77. The Morgan fingerprint density at radius 2 is 2.06 bits per heavy atom. The molecule has 18 heavy (non-hydrogen) atoms. The molecule has 2 aliphatic carbocycles. The Bertz CT molecular complexity index is 470. The maximum absolute atomic E-state index is 2.33. The molecule has 1 aromatic carbocycles. The van der Waals surface area contributed by atoms with Gasteiger partial charge in [-0.1, -0.05) is 29.8 Å². The second kappa shape index (κ2) is 4.89. The molecule has 0 aliphatic heterocycles. The summed E-state index contributed by atoms with van der Waals surface area (Å²) in [4.78, 5) is 2.32. The third kappa shape index (κ3) is 2.12. The van der Waals surface area contributed by atoms with Crippen LogP contribution in [0.1, 0.15) is 36.8 Å². The molecule has 1 unspecified atom stereocenters. The van der Waals surface area contributed by atoms with Crippen molar-refractivity contribution in [2.75, 3.05) is 20.6 Å². The first kappa shape index (κ1) is 12.0. The van der Waals surface area contributed by atoms with Gasteiger partial charge in [0.25, 0.3) is 0 Å². The van der Waals surface area contributed by atoms with E-state index in [-0.39, 0.29) is 0 Å². The lowest BCUT2D eigenvalue weighted by Crippen LogP contribution is -2.19. The lowest BCUT2D eigenvalue weighted by atomic mass is 9.81. The van der Waals surface area contributed by atoms with Crippen molar-refractivity contribution in [2.24, 2.45) is 5.92 Å². The van der Waals surface area contributed by atoms with Gasteiger partial charge >= 0.3 is 0 Å². The van der Waals surface area contributed by atoms with E-state index in [9.17, 15) is 0 Å². The second-order valence-electron chi connectivity index (χ2n) is 6.02. The summed E-state index contributed by atoms with van der Waals surface area (Å²) in [6.07, 6.45) is 6.65. The summed E-state index contributed by atoms with van der Waals surface area (Å²) < 4.78 is 0. The molecule has 0 radical (unpaired) electrons. The van der Waals surface area contributed by atoms with Crippen LogP contribution in [0.4, 0.5) is 0 Å². The van der Waals surface area contributed by atoms with E-state index >= 15 is 0 Å². The Labute approximate surface area is 111 Å². The normalized spacial score (nSPS) is 22.3. The van der Waals surface area contributed by atoms with Crippen LogP contribution in [-0.4, -0.2) is 25.5 Å². The Balaban J connectivity index is 1.83. The third-order valence-corrected chi connectivity index (χ3v) is 4.51. The van der Waals surface area contributed by atoms with Crippen molar-refractivity contribution >= 4 is 5.57 Å². The van der Waals surface area contributed by atoms with Gasteiger partial charge in [0.1, 0.15) is 0 Å². The van der Waals surface area contributed by atoms with E-state index in [1.807, 2.05) is 0 Å². The Kier molecular flexibility index (Phi) is 3.25. The summed E-state index contributed by atoms with van der Waals surface area (Å²) in [6.45, 7) is 1.22. The molecule has 0 heterocycles. The molecule has 0 spiro atoms. The quantitative estimate of drug-likeness (QED) is 0.779. The number of nitrogens with zero attached hydrogens (tertiary/aromatic N) is 1. The molecule has 0 saturated heterocycles. The maximum atomic E-state index is 2.33. The molecule has 0 saturated carbocycles. The molecule has 0 aromatic heterocycles. The predicted molar refractivity (Wildman–Crippen MR) is 77.6 cm³/mol. The van der Waals surface area contributed by atoms with E-state index in [1.54, 1.807) is 22.3 Å². The average molecular weight is 241 g/mol. The first-order chi connectivity index (χ1) is 8.75. The number of rotatable bonds is 3. The van der Waals surface area contributed by atoms with Gasteiger partial charge in [0.15, 0.2) is 0 Å². The summed E-state index contributed by atoms with van der Waals surface area (Å²) in [5.41, 5.74) is 6.59. The molecule has 2 aliphatic rings. The molecule has 1 nitrogen and oxygen atoms in total. The standard InChI is InChI=1S/C17H23N/c1-18(2)11-10-13-7-5-9-16-15-8-4-3-6-14(15)12-17(13)16/h3-4,6,8,13H,5,7,9-12H2,1-2H3. The first-order valence-electron chi connectivity index (χ1n) is 7.20. The zero-order valence-electron chi connectivity index (χ0n) is 11.6. The van der Waals surface area contributed by atoms with E-state index in [0.29, 0.717) is 0 Å². The van der Waals surface area contributed by atoms with Gasteiger partial charge in [0.05, 0.1) is 0 Å². The number of fused-ring (bicyclic) bond motifs is 2. The molecule has 1 atom stereocenters. The van der Waals surface area contributed by atoms with Crippen molar-refractivity contribution in [2.45, 2.75) is 32.1 Å². The fourth-order valence-corrected chi connectivity index (χ4v) is 3.57. The van der Waals surface area contributed by atoms with Gasteiger partial charge < -0.3 is 4.90 Å². The molecule has 0 fully saturated rings. The number of hydrogen-bond acceptors (Lipinski definition) is 1. The van der Waals surface area contributed by atoms with E-state index in [1.165, 1.54) is 38.6 Å². The molecular formula is C17H23N. The van der Waals surface area contributed by atoms with Crippen LogP contribution in [0.3, 0.4) is 0 Å². The molecule has 0 bridgehead atoms. The maximum Gasteiger partial charge on any atom is -0.00191 e. The Morgan fingerprint density at radius 3 is 2.89 bits per heavy atom. The van der Waals surface area contributed by atoms with E-state index in [0.717, 1.165) is 5.92 Å². The van der Waals surface area contributed by atoms with Gasteiger partial charge in [-0.2, -0.15) is 0 Å². The zero-order chi connectivity index (χ0) is 12.5. The van der Waals surface area contributed by atoms with Gasteiger partial charge in [-0.15, -0.1) is 0 Å². The van der Waals surface area contributed by atoms with Crippen molar-refractivity contribution in [1.29, 1.82) is 0 Å². The minimum Gasteiger partial charge on any atom is -0.309 e. The zero-order valence-corrected chi connectivity index (χ0v) is 11.6. The second-order valence-corrected chi connectivity index (χ2v) is 6.02. The van der Waals surface area contributed by atoms with Crippen LogP contribution in [0.25, 0.3) is 5.57 Å². The van der Waals surface area contributed by atoms with Crippen LogP contribution >= 0.6 is 0 Å². The summed E-state index contributed by atoms with van der Waals surface area (Å²) >= 11 is 0. The highest BCUT2D eigenvalue weighted by Gasteiger charge is 2.29. The number of hydrogen-bond donors (Lipinski definition) is 0. The van der Waals surface area contributed by atoms with E-state index in [4.69, 9.17) is 0 Å². The van der Waals surface area contributed by atoms with Gasteiger partial charge in [0, 0.05) is 0 Å². The monoisotopic (exact) mass is 241 g/mol. The Hall–Kier alpha value is -1.08. The van der Waals surface area contributed by atoms with Crippen LogP contribution in [0, 0.1) is 5.92 Å². The topological polar surface area (TPSA) is 3.24 Å². The smallest absolute Gasteiger partial charge is 0.00191 e. The van der Waals surface area contributed by atoms with Crippen molar-refractivity contribution in [3.05, 3.63) is 41.0 Å². The van der Waals surface area contributed by atoms with Crippen LogP contribution in [0.5, 0.6) is 0 Å². The third-order valence-electron chi connectivity index (χ3n) is 4.51. The van der Waals surface area contributed by atoms with Gasteiger partial charge in [-0.3, -0.25) is 0 Å². The van der Waals surface area contributed by atoms with Crippen molar-refractivity contribution in [1.82, 2.24) is 4.90 Å². The lowest BCUT2D eigenvalue weighted by Gasteiger charge is -2.26. The minimum absolute atomic E-state index is 0.837. The predicted octanol–water partition coefficient (Wildman–Crippen LogP) is 3.75. The summed E-state index contributed by atoms with van der Waals surface area (Å²) in [7, 11) is 4.36. The first-order valence-corrected chi connectivity index (χ1v) is 7.20. The van der Waals surface area contributed by atoms with Crippen molar-refractivity contribution in [3.63, 3.8) is 0 Å².